The van der Waals surface area contributed by atoms with Crippen LogP contribution in [0.4, 0.5) is 0 Å². The Kier molecular flexibility index (Phi) is 24.6. The van der Waals surface area contributed by atoms with Gasteiger partial charge in [-0.15, -0.1) is 0 Å². The van der Waals surface area contributed by atoms with Crippen LogP contribution in [-0.4, -0.2) is 30.1 Å². The van der Waals surface area contributed by atoms with Gasteiger partial charge in [-0.05, 0) is 13.8 Å². The fourth-order valence-corrected chi connectivity index (χ4v) is 0.454. The van der Waals surface area contributed by atoms with Crippen molar-refractivity contribution in [2.24, 2.45) is 0 Å². The van der Waals surface area contributed by atoms with Gasteiger partial charge >= 0.3 is 0 Å². The molecule has 0 heterocycles. The van der Waals surface area contributed by atoms with E-state index in [1.165, 1.54) is 0 Å². The number of rotatable bonds is 4. The summed E-state index contributed by atoms with van der Waals surface area (Å²) < 4.78 is 4.83. The maximum absolute atomic E-state index is 10.2. The average molecular weight is 220 g/mol. The van der Waals surface area contributed by atoms with Crippen molar-refractivity contribution < 1.29 is 19.4 Å². The van der Waals surface area contributed by atoms with Crippen LogP contribution in [0.25, 0.3) is 0 Å². The summed E-state index contributed by atoms with van der Waals surface area (Å²) in [6, 6.07) is 0. The predicted octanol–water partition coefficient (Wildman–Crippen LogP) is 2.51. The van der Waals surface area contributed by atoms with E-state index in [2.05, 4.69) is 0 Å². The van der Waals surface area contributed by atoms with Gasteiger partial charge < -0.3 is 9.84 Å². The monoisotopic (exact) mass is 220 g/mol. The molecular formula is C11H24O4. The Balaban J connectivity index is -0.000000147. The molecule has 0 aromatic heterocycles. The third-order valence-electron chi connectivity index (χ3n) is 1.20. The van der Waals surface area contributed by atoms with Crippen molar-refractivity contribution in [3.05, 3.63) is 0 Å². The summed E-state index contributed by atoms with van der Waals surface area (Å²) in [4.78, 5) is 19.2. The molecule has 0 aromatic carbocycles. The summed E-state index contributed by atoms with van der Waals surface area (Å²) in [7, 11) is 0. The van der Waals surface area contributed by atoms with Gasteiger partial charge in [-0.25, -0.2) is 0 Å². The number of carboxylic acids is 1. The van der Waals surface area contributed by atoms with E-state index in [1.807, 2.05) is 27.7 Å². The highest BCUT2D eigenvalue weighted by Gasteiger charge is 1.86. The Morgan fingerprint density at radius 3 is 1.27 bits per heavy atom. The van der Waals surface area contributed by atoms with Crippen molar-refractivity contribution in [2.75, 3.05) is 13.2 Å². The second kappa shape index (κ2) is 18.8. The maximum atomic E-state index is 10.2. The van der Waals surface area contributed by atoms with Gasteiger partial charge in [0.1, 0.15) is 5.78 Å². The van der Waals surface area contributed by atoms with Gasteiger partial charge in [-0.2, -0.15) is 0 Å². The van der Waals surface area contributed by atoms with E-state index in [-0.39, 0.29) is 0 Å². The Morgan fingerprint density at radius 2 is 1.27 bits per heavy atom. The average Bonchev–Trinajstić information content (AvgIpc) is 2.18. The molecule has 0 aliphatic heterocycles. The number of ketones is 1. The molecule has 0 atom stereocenters. The van der Waals surface area contributed by atoms with Crippen LogP contribution in [0.3, 0.4) is 0 Å². The molecule has 0 fully saturated rings. The number of hydrogen-bond acceptors (Lipinski definition) is 3. The molecule has 0 bridgehead atoms. The minimum atomic E-state index is -0.833. The van der Waals surface area contributed by atoms with E-state index in [1.54, 1.807) is 0 Å². The fraction of sp³-hybridized carbons (Fsp3) is 0.818. The van der Waals surface area contributed by atoms with Gasteiger partial charge in [0, 0.05) is 33.0 Å². The van der Waals surface area contributed by atoms with Crippen LogP contribution in [-0.2, 0) is 14.3 Å². The number of aliphatic carboxylic acids is 1. The van der Waals surface area contributed by atoms with Gasteiger partial charge in [0.15, 0.2) is 0 Å². The second-order valence-electron chi connectivity index (χ2n) is 2.55. The van der Waals surface area contributed by atoms with Crippen LogP contribution in [0.5, 0.6) is 0 Å². The lowest BCUT2D eigenvalue weighted by Gasteiger charge is -1.86. The molecule has 15 heavy (non-hydrogen) atoms. The number of carbonyl (C=O) groups excluding carboxylic acids is 1. The fourth-order valence-electron chi connectivity index (χ4n) is 0.454. The Labute approximate surface area is 92.6 Å². The van der Waals surface area contributed by atoms with Gasteiger partial charge in [0.25, 0.3) is 5.97 Å². The Morgan fingerprint density at radius 1 is 1.00 bits per heavy atom. The molecule has 0 aliphatic rings. The van der Waals surface area contributed by atoms with Crippen LogP contribution < -0.4 is 0 Å². The van der Waals surface area contributed by atoms with Crippen molar-refractivity contribution in [3.8, 4) is 0 Å². The minimum absolute atomic E-state index is 0.343. The first-order chi connectivity index (χ1) is 6.95. The van der Waals surface area contributed by atoms with Crippen molar-refractivity contribution in [1.29, 1.82) is 0 Å². The molecule has 0 radical (unpaired) electrons. The molecule has 92 valence electrons. The van der Waals surface area contributed by atoms with Crippen LogP contribution in [0.2, 0.25) is 0 Å². The molecule has 1 N–H and O–H groups in total. The van der Waals surface area contributed by atoms with Crippen LogP contribution in [0.1, 0.15) is 47.5 Å². The van der Waals surface area contributed by atoms with E-state index in [0.717, 1.165) is 20.1 Å². The van der Waals surface area contributed by atoms with Crippen molar-refractivity contribution in [2.45, 2.75) is 47.5 Å². The molecule has 4 nitrogen and oxygen atoms in total. The largest absolute Gasteiger partial charge is 0.481 e. The van der Waals surface area contributed by atoms with Crippen molar-refractivity contribution in [3.63, 3.8) is 0 Å². The summed E-state index contributed by atoms with van der Waals surface area (Å²) in [5.74, 6) is -0.491. The molecule has 4 heteroatoms. The first-order valence-corrected chi connectivity index (χ1v) is 5.24. The standard InChI is InChI=1S/C5H10O.C4H10O.C2H4O2/c1-3-5(6)4-2;1-3-5-4-2;1-2(3)4/h3-4H2,1-2H3;3-4H2,1-2H3;1H3,(H,3,4). The molecule has 0 rings (SSSR count). The number of carboxylic acid groups (broad SMARTS) is 1. The number of hydrogen-bond donors (Lipinski definition) is 1. The zero-order chi connectivity index (χ0) is 12.7. The third kappa shape index (κ3) is 62.1. The summed E-state index contributed by atoms with van der Waals surface area (Å²) >= 11 is 0. The maximum Gasteiger partial charge on any atom is 0.300 e. The second-order valence-corrected chi connectivity index (χ2v) is 2.55. The van der Waals surface area contributed by atoms with E-state index in [4.69, 9.17) is 14.6 Å². The minimum Gasteiger partial charge on any atom is -0.481 e. The highest BCUT2D eigenvalue weighted by atomic mass is 16.5. The van der Waals surface area contributed by atoms with Gasteiger partial charge in [0.2, 0.25) is 0 Å². The van der Waals surface area contributed by atoms with Crippen LogP contribution >= 0.6 is 0 Å². The Bertz CT molecular complexity index is 132. The third-order valence-corrected chi connectivity index (χ3v) is 1.20. The van der Waals surface area contributed by atoms with E-state index in [9.17, 15) is 4.79 Å². The Hall–Kier alpha value is -0.900. The zero-order valence-electron chi connectivity index (χ0n) is 10.5. The molecule has 0 spiro atoms. The van der Waals surface area contributed by atoms with E-state index >= 15 is 0 Å². The van der Waals surface area contributed by atoms with Gasteiger partial charge in [-0.3, -0.25) is 9.59 Å². The summed E-state index contributed by atoms with van der Waals surface area (Å²) in [6.07, 6.45) is 1.38. The van der Waals surface area contributed by atoms with Gasteiger partial charge in [-0.1, -0.05) is 13.8 Å². The highest BCUT2D eigenvalue weighted by Crippen LogP contribution is 1.83. The van der Waals surface area contributed by atoms with Crippen molar-refractivity contribution in [1.82, 2.24) is 0 Å². The first kappa shape index (κ1) is 19.6. The first-order valence-electron chi connectivity index (χ1n) is 5.24. The SMILES string of the molecule is CC(=O)O.CCC(=O)CC.CCOCC. The number of ether oxygens (including phenoxy) is 1. The molecule has 0 unspecified atom stereocenters. The van der Waals surface area contributed by atoms with E-state index < -0.39 is 5.97 Å². The van der Waals surface area contributed by atoms with Gasteiger partial charge in [0.05, 0.1) is 0 Å². The topological polar surface area (TPSA) is 63.6 Å². The summed E-state index contributed by atoms with van der Waals surface area (Å²) in [6.45, 7) is 10.5. The normalized spacial score (nSPS) is 7.80. The van der Waals surface area contributed by atoms with Crippen LogP contribution in [0.15, 0.2) is 0 Å². The molecule has 0 saturated carbocycles. The van der Waals surface area contributed by atoms with Crippen molar-refractivity contribution >= 4 is 11.8 Å². The number of carbonyl (C=O) groups is 2. The molecule has 0 saturated heterocycles. The molecule has 0 aromatic rings. The lowest BCUT2D eigenvalue weighted by atomic mass is 10.3. The lowest BCUT2D eigenvalue weighted by molar-refractivity contribution is -0.134. The molecule has 0 amide bonds. The molecular weight excluding hydrogens is 196 g/mol. The lowest BCUT2D eigenvalue weighted by Crippen LogP contribution is -1.88. The molecule has 0 aliphatic carbocycles. The smallest absolute Gasteiger partial charge is 0.300 e. The predicted molar refractivity (Wildman–Crippen MR) is 61.1 cm³/mol. The summed E-state index contributed by atoms with van der Waals surface area (Å²) in [5.41, 5.74) is 0. The number of Topliss-reactive ketones (excluding diaryl/α,β-unsaturated/α-hetero) is 1. The zero-order valence-corrected chi connectivity index (χ0v) is 10.5. The highest BCUT2D eigenvalue weighted by molar-refractivity contribution is 5.77. The van der Waals surface area contributed by atoms with Crippen LogP contribution in [0, 0.1) is 0 Å². The van der Waals surface area contributed by atoms with E-state index in [0.29, 0.717) is 18.6 Å². The summed E-state index contributed by atoms with van der Waals surface area (Å²) in [5, 5.41) is 7.42. The quantitative estimate of drug-likeness (QED) is 0.790.